The summed E-state index contributed by atoms with van der Waals surface area (Å²) in [6.45, 7) is 2.02. The molecule has 0 aliphatic rings. The highest BCUT2D eigenvalue weighted by Crippen LogP contribution is 2.30. The summed E-state index contributed by atoms with van der Waals surface area (Å²) in [5.41, 5.74) is 2.11. The number of anilines is 2. The summed E-state index contributed by atoms with van der Waals surface area (Å²) >= 11 is 1.11. The lowest BCUT2D eigenvalue weighted by atomic mass is 10.3. The van der Waals surface area contributed by atoms with Crippen LogP contribution < -0.4 is 11.1 Å². The Kier molecular flexibility index (Phi) is 4.09. The van der Waals surface area contributed by atoms with Gasteiger partial charge in [0.25, 0.3) is 0 Å². The number of alkyl halides is 3. The Labute approximate surface area is 93.4 Å². The molecule has 0 radical (unpaired) electrons. The first-order valence-corrected chi connectivity index (χ1v) is 5.82. The second-order valence-electron chi connectivity index (χ2n) is 2.74. The Morgan fingerprint density at radius 3 is 2.67 bits per heavy atom. The van der Waals surface area contributed by atoms with E-state index in [4.69, 9.17) is 5.73 Å². The normalized spacial score (nSPS) is 11.7. The van der Waals surface area contributed by atoms with Gasteiger partial charge in [-0.05, 0) is 30.2 Å². The maximum atomic E-state index is 11.8. The van der Waals surface area contributed by atoms with Crippen molar-refractivity contribution in [1.82, 2.24) is 4.37 Å². The van der Waals surface area contributed by atoms with Gasteiger partial charge in [0.15, 0.2) is 0 Å². The van der Waals surface area contributed by atoms with Gasteiger partial charge in [-0.25, -0.2) is 0 Å². The molecule has 8 heteroatoms. The number of nitrogens with zero attached hydrogens (tertiary/aromatic N) is 1. The largest absolute Gasteiger partial charge is 0.441 e. The SMILES string of the molecule is Cc1c(N)nsc1NCCSC(F)(F)F. The minimum Gasteiger partial charge on any atom is -0.383 e. The first-order chi connectivity index (χ1) is 6.90. The second-order valence-corrected chi connectivity index (χ2v) is 4.68. The van der Waals surface area contributed by atoms with Crippen LogP contribution in [0.4, 0.5) is 24.0 Å². The van der Waals surface area contributed by atoms with Gasteiger partial charge >= 0.3 is 5.51 Å². The summed E-state index contributed by atoms with van der Waals surface area (Å²) in [4.78, 5) is 0. The Balaban J connectivity index is 2.30. The van der Waals surface area contributed by atoms with Gasteiger partial charge in [0.2, 0.25) is 0 Å². The lowest BCUT2D eigenvalue weighted by Crippen LogP contribution is -2.09. The third-order valence-electron chi connectivity index (χ3n) is 1.61. The summed E-state index contributed by atoms with van der Waals surface area (Å²) in [6.07, 6.45) is 0. The van der Waals surface area contributed by atoms with Crippen molar-refractivity contribution in [3.8, 4) is 0 Å². The van der Waals surface area contributed by atoms with E-state index in [1.807, 2.05) is 0 Å². The van der Waals surface area contributed by atoms with Crippen LogP contribution in [0.2, 0.25) is 0 Å². The number of halogens is 3. The fourth-order valence-electron chi connectivity index (χ4n) is 0.844. The number of nitrogens with two attached hydrogens (primary N) is 1. The van der Waals surface area contributed by atoms with Gasteiger partial charge in [0, 0.05) is 17.9 Å². The molecule has 0 saturated carbocycles. The van der Waals surface area contributed by atoms with E-state index in [1.54, 1.807) is 6.92 Å². The Bertz CT molecular complexity index is 324. The van der Waals surface area contributed by atoms with E-state index in [0.29, 0.717) is 5.82 Å². The quantitative estimate of drug-likeness (QED) is 0.814. The zero-order chi connectivity index (χ0) is 11.5. The van der Waals surface area contributed by atoms with Gasteiger partial charge in [0.05, 0.1) is 0 Å². The molecule has 0 spiro atoms. The molecule has 0 aromatic carbocycles. The molecule has 0 unspecified atom stereocenters. The zero-order valence-corrected chi connectivity index (χ0v) is 9.52. The summed E-state index contributed by atoms with van der Waals surface area (Å²) in [5, 5.41) is 3.59. The van der Waals surface area contributed by atoms with Gasteiger partial charge in [-0.3, -0.25) is 0 Å². The van der Waals surface area contributed by atoms with Crippen molar-refractivity contribution in [2.75, 3.05) is 23.3 Å². The molecule has 1 aromatic rings. The molecule has 1 aromatic heterocycles. The smallest absolute Gasteiger partial charge is 0.383 e. The zero-order valence-electron chi connectivity index (χ0n) is 7.89. The van der Waals surface area contributed by atoms with Gasteiger partial charge in [0.1, 0.15) is 10.8 Å². The predicted molar refractivity (Wildman–Crippen MR) is 58.3 cm³/mol. The topological polar surface area (TPSA) is 50.9 Å². The summed E-state index contributed by atoms with van der Waals surface area (Å²) < 4.78 is 39.2. The standard InChI is InChI=1S/C7H10F3N3S2/c1-4-5(11)13-15-6(4)12-2-3-14-7(8,9)10/h12H,2-3H2,1H3,(H2,11,13). The highest BCUT2D eigenvalue weighted by molar-refractivity contribution is 8.00. The number of aromatic nitrogens is 1. The van der Waals surface area contributed by atoms with Crippen molar-refractivity contribution >= 4 is 34.1 Å². The average molecular weight is 257 g/mol. The van der Waals surface area contributed by atoms with Gasteiger partial charge < -0.3 is 11.1 Å². The number of rotatable bonds is 4. The van der Waals surface area contributed by atoms with Crippen molar-refractivity contribution < 1.29 is 13.2 Å². The van der Waals surface area contributed by atoms with Gasteiger partial charge in [-0.15, -0.1) is 0 Å². The fraction of sp³-hybridized carbons (Fsp3) is 0.571. The van der Waals surface area contributed by atoms with Crippen molar-refractivity contribution in [2.45, 2.75) is 12.4 Å². The molecule has 0 fully saturated rings. The molecule has 0 bridgehead atoms. The summed E-state index contributed by atoms with van der Waals surface area (Å²) in [5.74, 6) is 0.395. The Morgan fingerprint density at radius 1 is 1.53 bits per heavy atom. The van der Waals surface area contributed by atoms with E-state index in [-0.39, 0.29) is 24.1 Å². The highest BCUT2D eigenvalue weighted by atomic mass is 32.2. The Hall–Kier alpha value is -0.630. The molecule has 86 valence electrons. The molecule has 3 nitrogen and oxygen atoms in total. The number of nitrogen functional groups attached to an aromatic ring is 1. The summed E-state index contributed by atoms with van der Waals surface area (Å²) in [7, 11) is 0. The first-order valence-electron chi connectivity index (χ1n) is 4.06. The van der Waals surface area contributed by atoms with E-state index in [1.165, 1.54) is 0 Å². The van der Waals surface area contributed by atoms with Gasteiger partial charge in [-0.1, -0.05) is 0 Å². The molecule has 1 rings (SSSR count). The number of hydrogen-bond acceptors (Lipinski definition) is 5. The van der Waals surface area contributed by atoms with E-state index >= 15 is 0 Å². The average Bonchev–Trinajstić information content (AvgIpc) is 2.42. The molecular formula is C7H10F3N3S2. The fourth-order valence-corrected chi connectivity index (χ4v) is 2.01. The van der Waals surface area contributed by atoms with E-state index < -0.39 is 5.51 Å². The summed E-state index contributed by atoms with van der Waals surface area (Å²) in [6, 6.07) is 0. The van der Waals surface area contributed by atoms with Crippen LogP contribution in [0.15, 0.2) is 0 Å². The number of hydrogen-bond donors (Lipinski definition) is 2. The molecule has 0 saturated heterocycles. The Morgan fingerprint density at radius 2 is 2.20 bits per heavy atom. The molecule has 0 aliphatic carbocycles. The van der Waals surface area contributed by atoms with Crippen LogP contribution in [-0.2, 0) is 0 Å². The first kappa shape index (κ1) is 12.4. The van der Waals surface area contributed by atoms with E-state index in [0.717, 1.165) is 22.1 Å². The molecule has 0 aliphatic heterocycles. The van der Waals surface area contributed by atoms with Crippen LogP contribution >= 0.6 is 23.3 Å². The highest BCUT2D eigenvalue weighted by Gasteiger charge is 2.27. The molecule has 0 amide bonds. The predicted octanol–water partition coefficient (Wildman–Crippen LogP) is 2.70. The number of nitrogens with one attached hydrogen (secondary N) is 1. The minimum atomic E-state index is -4.16. The maximum Gasteiger partial charge on any atom is 0.441 e. The maximum absolute atomic E-state index is 11.8. The lowest BCUT2D eigenvalue weighted by molar-refractivity contribution is -0.0327. The number of thioether (sulfide) groups is 1. The van der Waals surface area contributed by atoms with Crippen LogP contribution in [0.25, 0.3) is 0 Å². The van der Waals surface area contributed by atoms with Crippen LogP contribution in [0.5, 0.6) is 0 Å². The molecule has 15 heavy (non-hydrogen) atoms. The van der Waals surface area contributed by atoms with Crippen molar-refractivity contribution in [3.05, 3.63) is 5.56 Å². The van der Waals surface area contributed by atoms with Crippen LogP contribution in [0.3, 0.4) is 0 Å². The van der Waals surface area contributed by atoms with Gasteiger partial charge in [-0.2, -0.15) is 17.5 Å². The monoisotopic (exact) mass is 257 g/mol. The van der Waals surface area contributed by atoms with Crippen molar-refractivity contribution in [2.24, 2.45) is 0 Å². The minimum absolute atomic E-state index is 0.0270. The van der Waals surface area contributed by atoms with Crippen LogP contribution in [0.1, 0.15) is 5.56 Å². The molecule has 3 N–H and O–H groups in total. The third kappa shape index (κ3) is 4.17. The van der Waals surface area contributed by atoms with Crippen molar-refractivity contribution in [3.63, 3.8) is 0 Å². The molecule has 1 heterocycles. The third-order valence-corrected chi connectivity index (χ3v) is 3.27. The lowest BCUT2D eigenvalue weighted by Gasteiger charge is -2.06. The van der Waals surface area contributed by atoms with Crippen LogP contribution in [-0.4, -0.2) is 22.2 Å². The molecule has 0 atom stereocenters. The van der Waals surface area contributed by atoms with Crippen molar-refractivity contribution in [1.29, 1.82) is 0 Å². The molecular weight excluding hydrogens is 247 g/mol. The van der Waals surface area contributed by atoms with Crippen LogP contribution in [0, 0.1) is 6.92 Å². The van der Waals surface area contributed by atoms with E-state index in [9.17, 15) is 13.2 Å². The second kappa shape index (κ2) is 4.93. The van der Waals surface area contributed by atoms with E-state index in [2.05, 4.69) is 9.69 Å².